The third kappa shape index (κ3) is 4.93. The lowest BCUT2D eigenvalue weighted by molar-refractivity contribution is -0.137. The zero-order valence-corrected chi connectivity index (χ0v) is 20.0. The van der Waals surface area contributed by atoms with Crippen molar-refractivity contribution in [1.82, 2.24) is 9.80 Å². The summed E-state index contributed by atoms with van der Waals surface area (Å²) in [6.45, 7) is 3.36. The van der Waals surface area contributed by atoms with E-state index in [1.165, 1.54) is 11.1 Å². The normalized spacial score (nSPS) is 18.8. The predicted molar refractivity (Wildman–Crippen MR) is 136 cm³/mol. The van der Waals surface area contributed by atoms with Gasteiger partial charge in [0.1, 0.15) is 5.75 Å². The summed E-state index contributed by atoms with van der Waals surface area (Å²) in [6, 6.07) is 28.7. The number of carbonyl (C=O) groups excluding carboxylic acids is 2. The predicted octanol–water partition coefficient (Wildman–Crippen LogP) is 3.98. The molecule has 35 heavy (non-hydrogen) atoms. The molecule has 0 N–H and O–H groups in total. The number of ether oxygens (including phenoxy) is 1. The second kappa shape index (κ2) is 10.3. The van der Waals surface area contributed by atoms with Gasteiger partial charge in [-0.3, -0.25) is 14.5 Å². The molecule has 3 aromatic carbocycles. The highest BCUT2D eigenvalue weighted by atomic mass is 16.5. The third-order valence-corrected chi connectivity index (χ3v) is 7.08. The monoisotopic (exact) mass is 469 g/mol. The van der Waals surface area contributed by atoms with Crippen LogP contribution in [0.1, 0.15) is 23.6 Å². The smallest absolute Gasteiger partial charge is 0.228 e. The number of hydrogen-bond acceptors (Lipinski definition) is 4. The summed E-state index contributed by atoms with van der Waals surface area (Å²) in [4.78, 5) is 32.2. The molecule has 2 amide bonds. The number of methoxy groups -OCH3 is 1. The van der Waals surface area contributed by atoms with Gasteiger partial charge in [0.25, 0.3) is 0 Å². The van der Waals surface area contributed by atoms with Crippen LogP contribution in [0, 0.1) is 5.92 Å². The molecule has 2 fully saturated rings. The molecule has 0 bridgehead atoms. The first-order valence-electron chi connectivity index (χ1n) is 12.2. The fraction of sp³-hybridized carbons (Fsp3) is 0.310. The van der Waals surface area contributed by atoms with E-state index in [0.717, 1.165) is 24.5 Å². The van der Waals surface area contributed by atoms with E-state index in [1.54, 1.807) is 12.0 Å². The number of benzene rings is 3. The highest BCUT2D eigenvalue weighted by Gasteiger charge is 2.38. The van der Waals surface area contributed by atoms with E-state index in [0.29, 0.717) is 19.6 Å². The molecular weight excluding hydrogens is 438 g/mol. The van der Waals surface area contributed by atoms with Gasteiger partial charge in [0.05, 0.1) is 19.1 Å². The second-order valence-corrected chi connectivity index (χ2v) is 9.19. The SMILES string of the molecule is COc1ccc(N2CC(C(=O)N3CCN(C(c4ccccc4)c4ccccc4)CC3)CC2=O)cc1. The Kier molecular flexibility index (Phi) is 6.82. The zero-order valence-electron chi connectivity index (χ0n) is 20.0. The number of amides is 2. The van der Waals surface area contributed by atoms with Crippen LogP contribution >= 0.6 is 0 Å². The standard InChI is InChI=1S/C29H31N3O3/c1-35-26-14-12-25(13-15-26)32-21-24(20-27(32)33)29(34)31-18-16-30(17-19-31)28(22-8-4-2-5-9-22)23-10-6-3-7-11-23/h2-15,24,28H,16-21H2,1H3. The Morgan fingerprint density at radius 3 is 1.94 bits per heavy atom. The Bertz CT molecular complexity index is 1100. The van der Waals surface area contributed by atoms with Crippen LogP contribution in [0.3, 0.4) is 0 Å². The van der Waals surface area contributed by atoms with Crippen molar-refractivity contribution in [2.45, 2.75) is 12.5 Å². The lowest BCUT2D eigenvalue weighted by atomic mass is 9.96. The quantitative estimate of drug-likeness (QED) is 0.548. The van der Waals surface area contributed by atoms with Crippen molar-refractivity contribution in [1.29, 1.82) is 0 Å². The molecule has 6 heteroatoms. The van der Waals surface area contributed by atoms with Crippen molar-refractivity contribution in [2.24, 2.45) is 5.92 Å². The van der Waals surface area contributed by atoms with Crippen molar-refractivity contribution in [3.63, 3.8) is 0 Å². The summed E-state index contributed by atoms with van der Waals surface area (Å²) < 4.78 is 5.21. The molecule has 0 aromatic heterocycles. The van der Waals surface area contributed by atoms with E-state index in [1.807, 2.05) is 41.3 Å². The van der Waals surface area contributed by atoms with Gasteiger partial charge in [0, 0.05) is 44.8 Å². The van der Waals surface area contributed by atoms with Crippen LogP contribution in [0.25, 0.3) is 0 Å². The summed E-state index contributed by atoms with van der Waals surface area (Å²) in [5.41, 5.74) is 3.33. The first-order chi connectivity index (χ1) is 17.1. The summed E-state index contributed by atoms with van der Waals surface area (Å²) in [5, 5.41) is 0. The van der Waals surface area contributed by atoms with Crippen LogP contribution < -0.4 is 9.64 Å². The van der Waals surface area contributed by atoms with Crippen LogP contribution in [0.5, 0.6) is 5.75 Å². The maximum atomic E-state index is 13.3. The van der Waals surface area contributed by atoms with E-state index in [4.69, 9.17) is 4.74 Å². The van der Waals surface area contributed by atoms with Gasteiger partial charge in [-0.2, -0.15) is 0 Å². The van der Waals surface area contributed by atoms with Crippen molar-refractivity contribution < 1.29 is 14.3 Å². The van der Waals surface area contributed by atoms with Crippen molar-refractivity contribution in [2.75, 3.05) is 44.7 Å². The topological polar surface area (TPSA) is 53.1 Å². The Balaban J connectivity index is 1.24. The van der Waals surface area contributed by atoms with E-state index >= 15 is 0 Å². The maximum Gasteiger partial charge on any atom is 0.228 e. The highest BCUT2D eigenvalue weighted by molar-refractivity contribution is 6.00. The van der Waals surface area contributed by atoms with Crippen LogP contribution in [0.4, 0.5) is 5.69 Å². The largest absolute Gasteiger partial charge is 0.497 e. The molecule has 1 atom stereocenters. The minimum Gasteiger partial charge on any atom is -0.497 e. The Morgan fingerprint density at radius 1 is 0.829 bits per heavy atom. The maximum absolute atomic E-state index is 13.3. The average molecular weight is 470 g/mol. The van der Waals surface area contributed by atoms with Gasteiger partial charge in [-0.05, 0) is 35.4 Å². The first-order valence-corrected chi connectivity index (χ1v) is 12.2. The molecule has 0 aliphatic carbocycles. The van der Waals surface area contributed by atoms with Crippen LogP contribution in [0.15, 0.2) is 84.9 Å². The number of carbonyl (C=O) groups is 2. The molecule has 180 valence electrons. The van der Waals surface area contributed by atoms with Crippen molar-refractivity contribution >= 4 is 17.5 Å². The Labute approximate surface area is 206 Å². The van der Waals surface area contributed by atoms with E-state index in [-0.39, 0.29) is 30.2 Å². The Morgan fingerprint density at radius 2 is 1.40 bits per heavy atom. The number of rotatable bonds is 6. The summed E-state index contributed by atoms with van der Waals surface area (Å²) in [5.74, 6) is 0.538. The van der Waals surface area contributed by atoms with Gasteiger partial charge in [0.15, 0.2) is 0 Å². The molecule has 2 saturated heterocycles. The molecule has 5 rings (SSSR count). The van der Waals surface area contributed by atoms with E-state index in [2.05, 4.69) is 53.4 Å². The molecule has 2 aliphatic heterocycles. The fourth-order valence-corrected chi connectivity index (χ4v) is 5.23. The van der Waals surface area contributed by atoms with Gasteiger partial charge in [-0.25, -0.2) is 0 Å². The summed E-state index contributed by atoms with van der Waals surface area (Å²) in [7, 11) is 1.62. The summed E-state index contributed by atoms with van der Waals surface area (Å²) in [6.07, 6.45) is 0.266. The van der Waals surface area contributed by atoms with Gasteiger partial charge < -0.3 is 14.5 Å². The van der Waals surface area contributed by atoms with Crippen molar-refractivity contribution in [3.8, 4) is 5.75 Å². The average Bonchev–Trinajstić information content (AvgIpc) is 3.31. The Hall–Kier alpha value is -3.64. The highest BCUT2D eigenvalue weighted by Crippen LogP contribution is 2.31. The van der Waals surface area contributed by atoms with Crippen LogP contribution in [0.2, 0.25) is 0 Å². The molecule has 1 unspecified atom stereocenters. The van der Waals surface area contributed by atoms with E-state index < -0.39 is 0 Å². The number of anilines is 1. The van der Waals surface area contributed by atoms with E-state index in [9.17, 15) is 9.59 Å². The minimum absolute atomic E-state index is 0.000344. The lowest BCUT2D eigenvalue weighted by Crippen LogP contribution is -2.51. The molecule has 2 aliphatic rings. The molecule has 0 spiro atoms. The number of piperazine rings is 1. The molecule has 6 nitrogen and oxygen atoms in total. The summed E-state index contributed by atoms with van der Waals surface area (Å²) >= 11 is 0. The first kappa shape index (κ1) is 23.1. The van der Waals surface area contributed by atoms with Gasteiger partial charge in [0.2, 0.25) is 11.8 Å². The zero-order chi connectivity index (χ0) is 24.2. The third-order valence-electron chi connectivity index (χ3n) is 7.08. The molecule has 0 radical (unpaired) electrons. The van der Waals surface area contributed by atoms with Gasteiger partial charge in [-0.15, -0.1) is 0 Å². The fourth-order valence-electron chi connectivity index (χ4n) is 5.23. The minimum atomic E-state index is -0.296. The molecule has 3 aromatic rings. The molecule has 2 heterocycles. The van der Waals surface area contributed by atoms with Crippen LogP contribution in [-0.4, -0.2) is 61.4 Å². The van der Waals surface area contributed by atoms with Crippen molar-refractivity contribution in [3.05, 3.63) is 96.1 Å². The number of hydrogen-bond donors (Lipinski definition) is 0. The number of nitrogens with zero attached hydrogens (tertiary/aromatic N) is 3. The lowest BCUT2D eigenvalue weighted by Gasteiger charge is -2.40. The van der Waals surface area contributed by atoms with Gasteiger partial charge >= 0.3 is 0 Å². The second-order valence-electron chi connectivity index (χ2n) is 9.19. The molecular formula is C29H31N3O3. The van der Waals surface area contributed by atoms with Crippen LogP contribution in [-0.2, 0) is 9.59 Å². The van der Waals surface area contributed by atoms with Gasteiger partial charge in [-0.1, -0.05) is 60.7 Å². The molecule has 0 saturated carbocycles.